The molecule has 0 aliphatic rings. The molecule has 2 heterocycles. The maximum atomic E-state index is 12.3. The summed E-state index contributed by atoms with van der Waals surface area (Å²) in [6, 6.07) is 3.33. The Kier molecular flexibility index (Phi) is 4.58. The molecule has 0 radical (unpaired) electrons. The van der Waals surface area contributed by atoms with Crippen LogP contribution in [-0.4, -0.2) is 46.3 Å². The van der Waals surface area contributed by atoms with Crippen LogP contribution >= 0.6 is 0 Å². The molecule has 0 unspecified atom stereocenters. The van der Waals surface area contributed by atoms with Crippen LogP contribution in [0.25, 0.3) is 11.7 Å². The molecular formula is C11H13F2N3O3. The lowest BCUT2D eigenvalue weighted by molar-refractivity contribution is 0.0729. The zero-order valence-corrected chi connectivity index (χ0v) is 10.00. The highest BCUT2D eigenvalue weighted by atomic mass is 19.3. The van der Waals surface area contributed by atoms with Crippen molar-refractivity contribution >= 4 is 0 Å². The Labute approximate surface area is 107 Å². The van der Waals surface area contributed by atoms with Crippen LogP contribution in [0.1, 0.15) is 5.82 Å². The van der Waals surface area contributed by atoms with Gasteiger partial charge in [-0.15, -0.1) is 0 Å². The zero-order valence-electron chi connectivity index (χ0n) is 10.00. The van der Waals surface area contributed by atoms with Gasteiger partial charge in [0.1, 0.15) is 0 Å². The van der Waals surface area contributed by atoms with Crippen LogP contribution in [-0.2, 0) is 6.54 Å². The second-order valence-corrected chi connectivity index (χ2v) is 3.84. The molecule has 2 aromatic heterocycles. The summed E-state index contributed by atoms with van der Waals surface area (Å²) >= 11 is 0. The molecule has 0 amide bonds. The molecule has 104 valence electrons. The smallest absolute Gasteiger partial charge is 0.293 e. The minimum absolute atomic E-state index is 0.0785. The van der Waals surface area contributed by atoms with Gasteiger partial charge in [0.2, 0.25) is 0 Å². The van der Waals surface area contributed by atoms with E-state index in [0.717, 1.165) is 0 Å². The van der Waals surface area contributed by atoms with E-state index < -0.39 is 13.0 Å². The van der Waals surface area contributed by atoms with Gasteiger partial charge in [0.15, 0.2) is 11.6 Å². The van der Waals surface area contributed by atoms with Crippen molar-refractivity contribution in [3.05, 3.63) is 24.2 Å². The second kappa shape index (κ2) is 6.39. The van der Waals surface area contributed by atoms with Crippen molar-refractivity contribution in [3.63, 3.8) is 0 Å². The van der Waals surface area contributed by atoms with Gasteiger partial charge in [0.25, 0.3) is 12.3 Å². The number of aliphatic hydroxyl groups is 1. The van der Waals surface area contributed by atoms with Gasteiger partial charge in [0.05, 0.1) is 26.0 Å². The van der Waals surface area contributed by atoms with Crippen molar-refractivity contribution in [3.8, 4) is 11.7 Å². The van der Waals surface area contributed by atoms with E-state index in [2.05, 4.69) is 10.1 Å². The summed E-state index contributed by atoms with van der Waals surface area (Å²) in [4.78, 5) is 5.39. The number of furan rings is 1. The molecule has 2 rings (SSSR count). The summed E-state index contributed by atoms with van der Waals surface area (Å²) in [5, 5.41) is 12.5. The Hall–Kier alpha value is -1.80. The summed E-state index contributed by atoms with van der Waals surface area (Å²) in [6.45, 7) is -0.467. The third-order valence-electron chi connectivity index (χ3n) is 2.38. The van der Waals surface area contributed by atoms with Crippen molar-refractivity contribution < 1.29 is 22.8 Å². The first-order chi connectivity index (χ1) is 9.19. The van der Waals surface area contributed by atoms with E-state index in [4.69, 9.17) is 14.0 Å². The van der Waals surface area contributed by atoms with Gasteiger partial charge in [-0.2, -0.15) is 4.98 Å². The molecule has 6 nitrogen and oxygen atoms in total. The third kappa shape index (κ3) is 3.83. The van der Waals surface area contributed by atoms with Gasteiger partial charge in [-0.3, -0.25) is 4.90 Å². The van der Waals surface area contributed by atoms with Crippen molar-refractivity contribution in [1.82, 2.24) is 15.0 Å². The Balaban J connectivity index is 2.01. The van der Waals surface area contributed by atoms with E-state index in [-0.39, 0.29) is 31.4 Å². The molecule has 19 heavy (non-hydrogen) atoms. The fourth-order valence-corrected chi connectivity index (χ4v) is 1.59. The number of alkyl halides is 2. The topological polar surface area (TPSA) is 75.5 Å². The molecule has 0 saturated carbocycles. The highest BCUT2D eigenvalue weighted by molar-refractivity contribution is 5.42. The number of nitrogens with zero attached hydrogens (tertiary/aromatic N) is 3. The van der Waals surface area contributed by atoms with Crippen molar-refractivity contribution in [2.75, 3.05) is 19.7 Å². The molecule has 0 saturated heterocycles. The van der Waals surface area contributed by atoms with Gasteiger partial charge in [-0.05, 0) is 12.1 Å². The summed E-state index contributed by atoms with van der Waals surface area (Å²) in [5.41, 5.74) is 0. The Morgan fingerprint density at radius 2 is 2.26 bits per heavy atom. The quantitative estimate of drug-likeness (QED) is 0.821. The van der Waals surface area contributed by atoms with E-state index in [1.807, 2.05) is 0 Å². The average Bonchev–Trinajstić information content (AvgIpc) is 2.97. The van der Waals surface area contributed by atoms with Gasteiger partial charge in [-0.25, -0.2) is 8.78 Å². The summed E-state index contributed by atoms with van der Waals surface area (Å²) < 4.78 is 34.7. The summed E-state index contributed by atoms with van der Waals surface area (Å²) in [7, 11) is 0. The number of aromatic nitrogens is 2. The molecule has 0 aliphatic heterocycles. The van der Waals surface area contributed by atoms with E-state index in [1.54, 1.807) is 12.1 Å². The highest BCUT2D eigenvalue weighted by Gasteiger charge is 2.16. The normalized spacial score (nSPS) is 11.6. The van der Waals surface area contributed by atoms with Gasteiger partial charge >= 0.3 is 0 Å². The van der Waals surface area contributed by atoms with Crippen molar-refractivity contribution in [2.24, 2.45) is 0 Å². The number of halogens is 2. The molecule has 0 aliphatic carbocycles. The Bertz CT molecular complexity index is 487. The predicted octanol–water partition coefficient (Wildman–Crippen LogP) is 1.39. The number of hydrogen-bond donors (Lipinski definition) is 1. The van der Waals surface area contributed by atoms with E-state index in [9.17, 15) is 8.78 Å². The van der Waals surface area contributed by atoms with Gasteiger partial charge < -0.3 is 14.0 Å². The monoisotopic (exact) mass is 273 g/mol. The van der Waals surface area contributed by atoms with Crippen molar-refractivity contribution in [2.45, 2.75) is 13.0 Å². The Morgan fingerprint density at radius 3 is 2.89 bits per heavy atom. The first-order valence-corrected chi connectivity index (χ1v) is 5.67. The maximum absolute atomic E-state index is 12.3. The first kappa shape index (κ1) is 13.6. The molecule has 0 atom stereocenters. The molecule has 0 aromatic carbocycles. The van der Waals surface area contributed by atoms with Crippen LogP contribution in [0.3, 0.4) is 0 Å². The van der Waals surface area contributed by atoms with E-state index >= 15 is 0 Å². The fraction of sp³-hybridized carbons (Fsp3) is 0.455. The SMILES string of the molecule is OCCN(Cc1noc(-c2ccco2)n1)CC(F)F. The minimum Gasteiger partial charge on any atom is -0.459 e. The average molecular weight is 273 g/mol. The van der Waals surface area contributed by atoms with Crippen LogP contribution < -0.4 is 0 Å². The third-order valence-corrected chi connectivity index (χ3v) is 2.38. The van der Waals surface area contributed by atoms with Crippen LogP contribution in [0.5, 0.6) is 0 Å². The van der Waals surface area contributed by atoms with E-state index in [0.29, 0.717) is 5.76 Å². The highest BCUT2D eigenvalue weighted by Crippen LogP contribution is 2.17. The predicted molar refractivity (Wildman–Crippen MR) is 60.4 cm³/mol. The van der Waals surface area contributed by atoms with Crippen LogP contribution in [0, 0.1) is 0 Å². The first-order valence-electron chi connectivity index (χ1n) is 5.67. The molecule has 0 fully saturated rings. The Morgan fingerprint density at radius 1 is 1.42 bits per heavy atom. The van der Waals surface area contributed by atoms with Crippen LogP contribution in [0.4, 0.5) is 8.78 Å². The minimum atomic E-state index is -2.48. The zero-order chi connectivity index (χ0) is 13.7. The van der Waals surface area contributed by atoms with Crippen LogP contribution in [0.2, 0.25) is 0 Å². The molecule has 1 N–H and O–H groups in total. The second-order valence-electron chi connectivity index (χ2n) is 3.84. The molecule has 0 bridgehead atoms. The standard InChI is InChI=1S/C11H13F2N3O3/c12-9(13)6-16(3-4-17)7-10-14-11(19-15-10)8-2-1-5-18-8/h1-2,5,9,17H,3-4,6-7H2. The lowest BCUT2D eigenvalue weighted by Crippen LogP contribution is -2.31. The summed E-state index contributed by atoms with van der Waals surface area (Å²) in [6.07, 6.45) is -1.02. The van der Waals surface area contributed by atoms with Crippen molar-refractivity contribution in [1.29, 1.82) is 0 Å². The number of aliphatic hydroxyl groups excluding tert-OH is 1. The van der Waals surface area contributed by atoms with Gasteiger partial charge in [0, 0.05) is 6.54 Å². The number of rotatable bonds is 7. The van der Waals surface area contributed by atoms with Gasteiger partial charge in [-0.1, -0.05) is 5.16 Å². The molecular weight excluding hydrogens is 260 g/mol. The molecule has 8 heteroatoms. The molecule has 2 aromatic rings. The maximum Gasteiger partial charge on any atom is 0.293 e. The van der Waals surface area contributed by atoms with E-state index in [1.165, 1.54) is 11.2 Å². The summed E-state index contributed by atoms with van der Waals surface area (Å²) in [5.74, 6) is 0.878. The lowest BCUT2D eigenvalue weighted by atomic mass is 10.4. The number of hydrogen-bond acceptors (Lipinski definition) is 6. The fourth-order valence-electron chi connectivity index (χ4n) is 1.59. The largest absolute Gasteiger partial charge is 0.459 e. The van der Waals surface area contributed by atoms with Crippen LogP contribution in [0.15, 0.2) is 27.3 Å². The lowest BCUT2D eigenvalue weighted by Gasteiger charge is -2.18. The molecule has 0 spiro atoms.